The SMILES string of the molecule is C[Si](C)(C)c1ccc(Cn2cc(Cl)cn2)cc1. The number of rotatable bonds is 3. The highest BCUT2D eigenvalue weighted by Gasteiger charge is 2.15. The predicted octanol–water partition coefficient (Wildman–Crippen LogP) is 3.13. The summed E-state index contributed by atoms with van der Waals surface area (Å²) in [5.74, 6) is 0. The molecule has 1 aromatic carbocycles. The molecule has 17 heavy (non-hydrogen) atoms. The maximum Gasteiger partial charge on any atom is 0.0785 e. The Balaban J connectivity index is 2.13. The van der Waals surface area contributed by atoms with E-state index in [9.17, 15) is 0 Å². The molecule has 0 N–H and O–H groups in total. The fourth-order valence-electron chi connectivity index (χ4n) is 1.72. The number of aromatic nitrogens is 2. The molecule has 1 heterocycles. The highest BCUT2D eigenvalue weighted by atomic mass is 35.5. The average Bonchev–Trinajstić information content (AvgIpc) is 2.63. The highest BCUT2D eigenvalue weighted by Crippen LogP contribution is 2.09. The van der Waals surface area contributed by atoms with Crippen LogP contribution in [0.3, 0.4) is 0 Å². The van der Waals surface area contributed by atoms with Crippen LogP contribution < -0.4 is 5.19 Å². The van der Waals surface area contributed by atoms with Gasteiger partial charge in [-0.05, 0) is 5.56 Å². The van der Waals surface area contributed by atoms with Crippen molar-refractivity contribution in [1.82, 2.24) is 9.78 Å². The van der Waals surface area contributed by atoms with E-state index < -0.39 is 8.07 Å². The largest absolute Gasteiger partial charge is 0.267 e. The quantitative estimate of drug-likeness (QED) is 0.779. The molecule has 0 saturated carbocycles. The molecule has 0 radical (unpaired) electrons. The minimum atomic E-state index is -1.19. The molecule has 0 atom stereocenters. The van der Waals surface area contributed by atoms with Crippen molar-refractivity contribution in [1.29, 1.82) is 0 Å². The zero-order valence-corrected chi connectivity index (χ0v) is 12.2. The summed E-state index contributed by atoms with van der Waals surface area (Å²) in [7, 11) is -1.19. The van der Waals surface area contributed by atoms with Gasteiger partial charge in [-0.2, -0.15) is 5.10 Å². The topological polar surface area (TPSA) is 17.8 Å². The van der Waals surface area contributed by atoms with Crippen molar-refractivity contribution in [2.75, 3.05) is 0 Å². The molecule has 0 saturated heterocycles. The van der Waals surface area contributed by atoms with Gasteiger partial charge in [0.1, 0.15) is 0 Å². The fourth-order valence-corrected chi connectivity index (χ4v) is 3.04. The monoisotopic (exact) mass is 264 g/mol. The molecule has 0 aliphatic heterocycles. The molecule has 4 heteroatoms. The van der Waals surface area contributed by atoms with Crippen LogP contribution in [0.4, 0.5) is 0 Å². The lowest BCUT2D eigenvalue weighted by Gasteiger charge is -2.16. The molecular weight excluding hydrogens is 248 g/mol. The zero-order chi connectivity index (χ0) is 12.5. The van der Waals surface area contributed by atoms with E-state index in [-0.39, 0.29) is 0 Å². The van der Waals surface area contributed by atoms with Gasteiger partial charge in [0, 0.05) is 6.20 Å². The third-order valence-corrected chi connectivity index (χ3v) is 5.03. The molecule has 0 aliphatic carbocycles. The molecular formula is C13H17ClN2Si. The van der Waals surface area contributed by atoms with Gasteiger partial charge in [0.25, 0.3) is 0 Å². The number of halogens is 1. The molecule has 0 spiro atoms. The van der Waals surface area contributed by atoms with Gasteiger partial charge in [-0.25, -0.2) is 0 Å². The first-order chi connectivity index (χ1) is 7.95. The number of hydrogen-bond acceptors (Lipinski definition) is 1. The van der Waals surface area contributed by atoms with Gasteiger partial charge in [-0.3, -0.25) is 4.68 Å². The van der Waals surface area contributed by atoms with Gasteiger partial charge in [0.05, 0.1) is 25.8 Å². The molecule has 2 aromatic rings. The number of hydrogen-bond donors (Lipinski definition) is 0. The van der Waals surface area contributed by atoms with Gasteiger partial charge in [0.2, 0.25) is 0 Å². The summed E-state index contributed by atoms with van der Waals surface area (Å²) in [6.07, 6.45) is 3.51. The van der Waals surface area contributed by atoms with Gasteiger partial charge >= 0.3 is 0 Å². The van der Waals surface area contributed by atoms with E-state index in [1.54, 1.807) is 6.20 Å². The normalized spacial score (nSPS) is 11.8. The lowest BCUT2D eigenvalue weighted by Crippen LogP contribution is -2.37. The second-order valence-electron chi connectivity index (χ2n) is 5.30. The third kappa shape index (κ3) is 3.20. The summed E-state index contributed by atoms with van der Waals surface area (Å²) in [5.41, 5.74) is 1.26. The molecule has 0 fully saturated rings. The van der Waals surface area contributed by atoms with Crippen LogP contribution in [0, 0.1) is 0 Å². The summed E-state index contributed by atoms with van der Waals surface area (Å²) < 4.78 is 1.85. The third-order valence-electron chi connectivity index (χ3n) is 2.77. The standard InChI is InChI=1S/C13H17ClN2Si/c1-17(2,3)13-6-4-11(5-7-13)9-16-10-12(14)8-15-16/h4-8,10H,9H2,1-3H3. The molecule has 2 nitrogen and oxygen atoms in total. The number of benzene rings is 1. The first kappa shape index (κ1) is 12.4. The van der Waals surface area contributed by atoms with E-state index in [4.69, 9.17) is 11.6 Å². The highest BCUT2D eigenvalue weighted by molar-refractivity contribution is 6.88. The zero-order valence-electron chi connectivity index (χ0n) is 10.4. The van der Waals surface area contributed by atoms with Crippen LogP contribution in [0.1, 0.15) is 5.56 Å². The van der Waals surface area contributed by atoms with E-state index in [0.717, 1.165) is 6.54 Å². The Kier molecular flexibility index (Phi) is 3.40. The van der Waals surface area contributed by atoms with Gasteiger partial charge < -0.3 is 0 Å². The van der Waals surface area contributed by atoms with Crippen molar-refractivity contribution in [3.63, 3.8) is 0 Å². The van der Waals surface area contributed by atoms with Crippen molar-refractivity contribution in [3.8, 4) is 0 Å². The molecule has 90 valence electrons. The Hall–Kier alpha value is -1.06. The minimum absolute atomic E-state index is 0.684. The predicted molar refractivity (Wildman–Crippen MR) is 75.8 cm³/mol. The van der Waals surface area contributed by atoms with Crippen molar-refractivity contribution >= 4 is 24.9 Å². The maximum absolute atomic E-state index is 5.83. The van der Waals surface area contributed by atoms with Crippen molar-refractivity contribution in [2.45, 2.75) is 26.2 Å². The first-order valence-corrected chi connectivity index (χ1v) is 9.60. The minimum Gasteiger partial charge on any atom is -0.267 e. The number of nitrogens with zero attached hydrogens (tertiary/aromatic N) is 2. The summed E-state index contributed by atoms with van der Waals surface area (Å²) in [4.78, 5) is 0. The maximum atomic E-state index is 5.83. The van der Waals surface area contributed by atoms with Crippen LogP contribution in [0.25, 0.3) is 0 Å². The molecule has 0 unspecified atom stereocenters. The second kappa shape index (κ2) is 4.67. The summed E-state index contributed by atoms with van der Waals surface area (Å²) in [6.45, 7) is 7.85. The Morgan fingerprint density at radius 3 is 2.29 bits per heavy atom. The second-order valence-corrected chi connectivity index (χ2v) is 10.8. The van der Waals surface area contributed by atoms with Crippen LogP contribution in [0.2, 0.25) is 24.7 Å². The average molecular weight is 265 g/mol. The van der Waals surface area contributed by atoms with Crippen LogP contribution in [0.5, 0.6) is 0 Å². The van der Waals surface area contributed by atoms with Crippen LogP contribution >= 0.6 is 11.6 Å². The summed E-state index contributed by atoms with van der Waals surface area (Å²) in [6, 6.07) is 8.85. The lowest BCUT2D eigenvalue weighted by molar-refractivity contribution is 0.687. The van der Waals surface area contributed by atoms with E-state index >= 15 is 0 Å². The molecule has 2 rings (SSSR count). The van der Waals surface area contributed by atoms with E-state index in [1.165, 1.54) is 10.8 Å². The molecule has 0 aliphatic rings. The van der Waals surface area contributed by atoms with Crippen LogP contribution in [-0.4, -0.2) is 17.9 Å². The van der Waals surface area contributed by atoms with Crippen LogP contribution in [-0.2, 0) is 6.54 Å². The Morgan fingerprint density at radius 1 is 1.18 bits per heavy atom. The smallest absolute Gasteiger partial charge is 0.0785 e. The van der Waals surface area contributed by atoms with E-state index in [2.05, 4.69) is 49.0 Å². The summed E-state index contributed by atoms with van der Waals surface area (Å²) >= 11 is 5.83. The van der Waals surface area contributed by atoms with E-state index in [0.29, 0.717) is 5.02 Å². The Morgan fingerprint density at radius 2 is 1.82 bits per heavy atom. The van der Waals surface area contributed by atoms with Gasteiger partial charge in [-0.15, -0.1) is 0 Å². The molecule has 0 amide bonds. The van der Waals surface area contributed by atoms with Gasteiger partial charge in [0.15, 0.2) is 0 Å². The van der Waals surface area contributed by atoms with E-state index in [1.807, 2.05) is 10.9 Å². The molecule has 0 bridgehead atoms. The lowest BCUT2D eigenvalue weighted by atomic mass is 10.2. The Bertz CT molecular complexity index is 497. The first-order valence-electron chi connectivity index (χ1n) is 5.72. The molecule has 1 aromatic heterocycles. The fraction of sp³-hybridized carbons (Fsp3) is 0.308. The van der Waals surface area contributed by atoms with Crippen molar-refractivity contribution in [3.05, 3.63) is 47.2 Å². The van der Waals surface area contributed by atoms with Crippen molar-refractivity contribution < 1.29 is 0 Å². The Labute approximate surface area is 108 Å². The van der Waals surface area contributed by atoms with Crippen LogP contribution in [0.15, 0.2) is 36.7 Å². The van der Waals surface area contributed by atoms with Gasteiger partial charge in [-0.1, -0.05) is 60.7 Å². The van der Waals surface area contributed by atoms with Crippen molar-refractivity contribution in [2.24, 2.45) is 0 Å². The summed E-state index contributed by atoms with van der Waals surface area (Å²) in [5, 5.41) is 6.35.